The molecule has 1 fully saturated rings. The minimum Gasteiger partial charge on any atom is -0.361 e. The number of amides is 1. The first-order valence-corrected chi connectivity index (χ1v) is 7.29. The van der Waals surface area contributed by atoms with Crippen molar-refractivity contribution in [3.8, 4) is 0 Å². The largest absolute Gasteiger partial charge is 0.361 e. The van der Waals surface area contributed by atoms with Crippen LogP contribution in [0.3, 0.4) is 0 Å². The number of aromatic nitrogens is 3. The molecule has 0 aliphatic carbocycles. The van der Waals surface area contributed by atoms with Gasteiger partial charge in [-0.15, -0.1) is 0 Å². The van der Waals surface area contributed by atoms with E-state index in [4.69, 9.17) is 4.52 Å². The second-order valence-corrected chi connectivity index (χ2v) is 5.73. The molecule has 0 N–H and O–H groups in total. The van der Waals surface area contributed by atoms with Gasteiger partial charge in [0.15, 0.2) is 0 Å². The van der Waals surface area contributed by atoms with Crippen molar-refractivity contribution < 1.29 is 9.32 Å². The van der Waals surface area contributed by atoms with Gasteiger partial charge in [-0.25, -0.2) is 0 Å². The Labute approximate surface area is 123 Å². The number of hydrogen-bond donors (Lipinski definition) is 0. The Balaban J connectivity index is 1.79. The molecule has 2 aromatic heterocycles. The van der Waals surface area contributed by atoms with Crippen molar-refractivity contribution in [2.45, 2.75) is 46.2 Å². The average Bonchev–Trinajstić information content (AvgIpc) is 3.13. The lowest BCUT2D eigenvalue weighted by Crippen LogP contribution is -2.38. The van der Waals surface area contributed by atoms with E-state index in [1.165, 1.54) is 0 Å². The number of rotatable bonds is 3. The van der Waals surface area contributed by atoms with Gasteiger partial charge >= 0.3 is 0 Å². The topological polar surface area (TPSA) is 64.2 Å². The SMILES string of the molecule is Cc1cnn(C[C@@H]2CCCN2C(=O)c2c(C)noc2C)c1. The highest BCUT2D eigenvalue weighted by Gasteiger charge is 2.32. The minimum atomic E-state index is 0.0256. The summed E-state index contributed by atoms with van der Waals surface area (Å²) >= 11 is 0. The van der Waals surface area contributed by atoms with Crippen LogP contribution in [0.5, 0.6) is 0 Å². The van der Waals surface area contributed by atoms with Gasteiger partial charge in [0.25, 0.3) is 5.91 Å². The molecule has 0 aromatic carbocycles. The maximum absolute atomic E-state index is 12.8. The second kappa shape index (κ2) is 5.35. The Kier molecular flexibility index (Phi) is 3.53. The molecule has 3 rings (SSSR count). The first-order valence-electron chi connectivity index (χ1n) is 7.29. The number of carbonyl (C=O) groups excluding carboxylic acids is 1. The summed E-state index contributed by atoms with van der Waals surface area (Å²) in [6.45, 7) is 7.14. The molecule has 1 amide bonds. The molecule has 1 atom stereocenters. The van der Waals surface area contributed by atoms with E-state index in [0.717, 1.165) is 31.5 Å². The molecule has 0 bridgehead atoms. The highest BCUT2D eigenvalue weighted by molar-refractivity contribution is 5.96. The van der Waals surface area contributed by atoms with Crippen molar-refractivity contribution in [2.24, 2.45) is 0 Å². The Hall–Kier alpha value is -2.11. The quantitative estimate of drug-likeness (QED) is 0.867. The van der Waals surface area contributed by atoms with Crippen molar-refractivity contribution in [1.29, 1.82) is 0 Å². The van der Waals surface area contributed by atoms with Crippen LogP contribution in [-0.2, 0) is 6.54 Å². The fourth-order valence-corrected chi connectivity index (χ4v) is 3.01. The normalized spacial score (nSPS) is 18.4. The molecule has 1 aliphatic heterocycles. The van der Waals surface area contributed by atoms with Gasteiger partial charge in [-0.1, -0.05) is 5.16 Å². The van der Waals surface area contributed by atoms with Gasteiger partial charge in [-0.05, 0) is 39.2 Å². The first kappa shape index (κ1) is 13.9. The second-order valence-electron chi connectivity index (χ2n) is 5.73. The molecule has 0 saturated carbocycles. The molecular formula is C15H20N4O2. The maximum atomic E-state index is 12.8. The molecule has 2 aromatic rings. The third-order valence-electron chi connectivity index (χ3n) is 4.05. The van der Waals surface area contributed by atoms with E-state index in [1.807, 2.05) is 35.8 Å². The third kappa shape index (κ3) is 2.57. The van der Waals surface area contributed by atoms with Crippen LogP contribution in [0.2, 0.25) is 0 Å². The van der Waals surface area contributed by atoms with Gasteiger partial charge in [-0.3, -0.25) is 9.48 Å². The van der Waals surface area contributed by atoms with Crippen LogP contribution in [0.25, 0.3) is 0 Å². The lowest BCUT2D eigenvalue weighted by molar-refractivity contribution is 0.0719. The van der Waals surface area contributed by atoms with Crippen LogP contribution in [0.1, 0.15) is 40.2 Å². The molecule has 1 saturated heterocycles. The Morgan fingerprint density at radius 3 is 2.86 bits per heavy atom. The standard InChI is InChI=1S/C15H20N4O2/c1-10-7-16-18(8-10)9-13-5-4-6-19(13)15(20)14-11(2)17-21-12(14)3/h7-8,13H,4-6,9H2,1-3H3/t13-/m0/s1. The highest BCUT2D eigenvalue weighted by atomic mass is 16.5. The molecule has 0 radical (unpaired) electrons. The van der Waals surface area contributed by atoms with Crippen molar-refractivity contribution in [3.63, 3.8) is 0 Å². The van der Waals surface area contributed by atoms with E-state index >= 15 is 0 Å². The average molecular weight is 288 g/mol. The number of carbonyl (C=O) groups is 1. The molecule has 0 unspecified atom stereocenters. The summed E-state index contributed by atoms with van der Waals surface area (Å²) < 4.78 is 7.03. The Bertz CT molecular complexity index is 639. The lowest BCUT2D eigenvalue weighted by atomic mass is 10.1. The van der Waals surface area contributed by atoms with Gasteiger partial charge < -0.3 is 9.42 Å². The van der Waals surface area contributed by atoms with Crippen LogP contribution < -0.4 is 0 Å². The van der Waals surface area contributed by atoms with Crippen LogP contribution in [0, 0.1) is 20.8 Å². The summed E-state index contributed by atoms with van der Waals surface area (Å²) in [4.78, 5) is 14.7. The zero-order valence-corrected chi connectivity index (χ0v) is 12.7. The van der Waals surface area contributed by atoms with Crippen molar-refractivity contribution in [1.82, 2.24) is 19.8 Å². The molecule has 21 heavy (non-hydrogen) atoms. The van der Waals surface area contributed by atoms with E-state index in [-0.39, 0.29) is 11.9 Å². The summed E-state index contributed by atoms with van der Waals surface area (Å²) in [6.07, 6.45) is 5.89. The summed E-state index contributed by atoms with van der Waals surface area (Å²) in [5, 5.41) is 8.20. The van der Waals surface area contributed by atoms with E-state index in [9.17, 15) is 4.79 Å². The summed E-state index contributed by atoms with van der Waals surface area (Å²) in [6, 6.07) is 0.186. The van der Waals surface area contributed by atoms with Gasteiger partial charge in [0, 0.05) is 12.7 Å². The zero-order chi connectivity index (χ0) is 15.0. The lowest BCUT2D eigenvalue weighted by Gasteiger charge is -2.24. The van der Waals surface area contributed by atoms with E-state index in [0.29, 0.717) is 17.0 Å². The monoisotopic (exact) mass is 288 g/mol. The third-order valence-corrected chi connectivity index (χ3v) is 4.05. The molecule has 3 heterocycles. The Morgan fingerprint density at radius 2 is 2.24 bits per heavy atom. The molecule has 6 heteroatoms. The van der Waals surface area contributed by atoms with Gasteiger partial charge in [0.05, 0.1) is 24.5 Å². The molecule has 1 aliphatic rings. The molecular weight excluding hydrogens is 268 g/mol. The van der Waals surface area contributed by atoms with Crippen molar-refractivity contribution in [2.75, 3.05) is 6.54 Å². The van der Waals surface area contributed by atoms with Crippen molar-refractivity contribution in [3.05, 3.63) is 35.0 Å². The number of aryl methyl sites for hydroxylation is 3. The summed E-state index contributed by atoms with van der Waals surface area (Å²) in [5.41, 5.74) is 2.41. The van der Waals surface area contributed by atoms with E-state index in [2.05, 4.69) is 10.3 Å². The van der Waals surface area contributed by atoms with Crippen molar-refractivity contribution >= 4 is 5.91 Å². The first-order chi connectivity index (χ1) is 10.1. The van der Waals surface area contributed by atoms with Crippen LogP contribution in [0.4, 0.5) is 0 Å². The minimum absolute atomic E-state index is 0.0256. The fraction of sp³-hybridized carbons (Fsp3) is 0.533. The molecule has 0 spiro atoms. The van der Waals surface area contributed by atoms with E-state index in [1.54, 1.807) is 6.92 Å². The van der Waals surface area contributed by atoms with Crippen LogP contribution in [-0.4, -0.2) is 38.3 Å². The van der Waals surface area contributed by atoms with Gasteiger partial charge in [0.1, 0.15) is 11.3 Å². The zero-order valence-electron chi connectivity index (χ0n) is 12.7. The van der Waals surface area contributed by atoms with Crippen LogP contribution in [0.15, 0.2) is 16.9 Å². The summed E-state index contributed by atoms with van der Waals surface area (Å²) in [5.74, 6) is 0.621. The Morgan fingerprint density at radius 1 is 1.43 bits per heavy atom. The number of nitrogens with zero attached hydrogens (tertiary/aromatic N) is 4. The maximum Gasteiger partial charge on any atom is 0.259 e. The predicted molar refractivity (Wildman–Crippen MR) is 77.0 cm³/mol. The van der Waals surface area contributed by atoms with E-state index < -0.39 is 0 Å². The number of hydrogen-bond acceptors (Lipinski definition) is 4. The summed E-state index contributed by atoms with van der Waals surface area (Å²) in [7, 11) is 0. The van der Waals surface area contributed by atoms with Gasteiger partial charge in [-0.2, -0.15) is 5.10 Å². The fourth-order valence-electron chi connectivity index (χ4n) is 3.01. The smallest absolute Gasteiger partial charge is 0.259 e. The van der Waals surface area contributed by atoms with Gasteiger partial charge in [0.2, 0.25) is 0 Å². The molecule has 112 valence electrons. The van der Waals surface area contributed by atoms with Crippen LogP contribution >= 0.6 is 0 Å². The molecule has 6 nitrogen and oxygen atoms in total. The number of likely N-dealkylation sites (tertiary alicyclic amines) is 1. The highest BCUT2D eigenvalue weighted by Crippen LogP contribution is 2.24. The predicted octanol–water partition coefficient (Wildman–Crippen LogP) is 2.10.